The number of hydrogen-bond acceptors (Lipinski definition) is 5. The lowest BCUT2D eigenvalue weighted by Gasteiger charge is -2.29. The summed E-state index contributed by atoms with van der Waals surface area (Å²) in [5.74, 6) is 3.33. The second kappa shape index (κ2) is 8.25. The fraction of sp³-hybridized carbons (Fsp3) is 0.440. The summed E-state index contributed by atoms with van der Waals surface area (Å²) in [6.45, 7) is 11.0. The van der Waals surface area contributed by atoms with Crippen molar-refractivity contribution in [2.75, 3.05) is 33.3 Å². The fourth-order valence-corrected chi connectivity index (χ4v) is 4.04. The molecule has 2 aromatic carbocycles. The number of methoxy groups -OCH3 is 1. The second-order valence-corrected chi connectivity index (χ2v) is 9.25. The van der Waals surface area contributed by atoms with Gasteiger partial charge in [0.15, 0.2) is 5.75 Å². The number of fused-ring (bicyclic) bond motifs is 2. The summed E-state index contributed by atoms with van der Waals surface area (Å²) in [5, 5.41) is 0. The van der Waals surface area contributed by atoms with E-state index in [2.05, 4.69) is 4.90 Å². The number of carbonyl (C=O) groups is 1. The van der Waals surface area contributed by atoms with Crippen LogP contribution < -0.4 is 9.47 Å². The SMILES string of the molecule is COc1ccc2c(c1)C(N1CCCN(C(=O)C(C)(C)C)CC1)=Nc1ccc(C)cc1O2. The van der Waals surface area contributed by atoms with E-state index in [-0.39, 0.29) is 11.3 Å². The molecule has 0 atom stereocenters. The number of amides is 1. The number of amidine groups is 1. The Balaban J connectivity index is 1.72. The van der Waals surface area contributed by atoms with Crippen molar-refractivity contribution in [2.45, 2.75) is 34.1 Å². The van der Waals surface area contributed by atoms with Crippen molar-refractivity contribution < 1.29 is 14.3 Å². The van der Waals surface area contributed by atoms with E-state index in [4.69, 9.17) is 14.5 Å². The van der Waals surface area contributed by atoms with Crippen LogP contribution in [0.1, 0.15) is 38.3 Å². The van der Waals surface area contributed by atoms with Gasteiger partial charge in [-0.2, -0.15) is 0 Å². The van der Waals surface area contributed by atoms with Crippen molar-refractivity contribution in [1.82, 2.24) is 9.80 Å². The van der Waals surface area contributed by atoms with Gasteiger partial charge in [0.1, 0.15) is 23.0 Å². The molecule has 0 bridgehead atoms. The standard InChI is InChI=1S/C25H31N3O3/c1-17-7-9-20-22(15-17)31-21-10-8-18(30-5)16-19(21)23(26-20)27-11-6-12-28(14-13-27)24(29)25(2,3)4/h7-10,15-16H,6,11-14H2,1-5H3. The van der Waals surface area contributed by atoms with Crippen LogP contribution in [0.4, 0.5) is 5.69 Å². The van der Waals surface area contributed by atoms with Crippen molar-refractivity contribution in [3.8, 4) is 17.2 Å². The Kier molecular flexibility index (Phi) is 5.65. The normalized spacial score (nSPS) is 16.4. The third kappa shape index (κ3) is 4.38. The highest BCUT2D eigenvalue weighted by atomic mass is 16.5. The van der Waals surface area contributed by atoms with Crippen molar-refractivity contribution in [3.05, 3.63) is 47.5 Å². The summed E-state index contributed by atoms with van der Waals surface area (Å²) in [6, 6.07) is 11.9. The molecule has 0 aromatic heterocycles. The number of ether oxygens (including phenoxy) is 2. The van der Waals surface area contributed by atoms with Crippen molar-refractivity contribution in [1.29, 1.82) is 0 Å². The van der Waals surface area contributed by atoms with Gasteiger partial charge in [-0.05, 0) is 49.2 Å². The van der Waals surface area contributed by atoms with E-state index in [1.54, 1.807) is 7.11 Å². The predicted molar refractivity (Wildman–Crippen MR) is 123 cm³/mol. The van der Waals surface area contributed by atoms with Crippen LogP contribution in [-0.4, -0.2) is 54.8 Å². The van der Waals surface area contributed by atoms with Crippen LogP contribution in [-0.2, 0) is 4.79 Å². The van der Waals surface area contributed by atoms with Crippen LogP contribution in [0, 0.1) is 12.3 Å². The zero-order chi connectivity index (χ0) is 22.2. The third-order valence-corrected chi connectivity index (χ3v) is 5.71. The predicted octanol–water partition coefficient (Wildman–Crippen LogP) is 4.77. The Labute approximate surface area is 184 Å². The lowest BCUT2D eigenvalue weighted by molar-refractivity contribution is -0.139. The number of aryl methyl sites for hydroxylation is 1. The molecule has 4 rings (SSSR count). The van der Waals surface area contributed by atoms with Gasteiger partial charge < -0.3 is 19.3 Å². The summed E-state index contributed by atoms with van der Waals surface area (Å²) in [7, 11) is 1.66. The van der Waals surface area contributed by atoms with Gasteiger partial charge in [0.05, 0.1) is 12.7 Å². The lowest BCUT2D eigenvalue weighted by Crippen LogP contribution is -2.42. The van der Waals surface area contributed by atoms with Gasteiger partial charge in [-0.25, -0.2) is 4.99 Å². The Morgan fingerprint density at radius 1 is 1.03 bits per heavy atom. The summed E-state index contributed by atoms with van der Waals surface area (Å²) < 4.78 is 11.8. The fourth-order valence-electron chi connectivity index (χ4n) is 4.04. The maximum absolute atomic E-state index is 12.8. The molecule has 1 amide bonds. The van der Waals surface area contributed by atoms with Gasteiger partial charge >= 0.3 is 0 Å². The molecule has 31 heavy (non-hydrogen) atoms. The smallest absolute Gasteiger partial charge is 0.228 e. The van der Waals surface area contributed by atoms with E-state index < -0.39 is 0 Å². The molecule has 164 valence electrons. The van der Waals surface area contributed by atoms with E-state index in [0.29, 0.717) is 6.54 Å². The monoisotopic (exact) mass is 421 g/mol. The summed E-state index contributed by atoms with van der Waals surface area (Å²) in [4.78, 5) is 22.1. The van der Waals surface area contributed by atoms with Gasteiger partial charge in [-0.15, -0.1) is 0 Å². The first kappa shape index (κ1) is 21.2. The van der Waals surface area contributed by atoms with E-state index in [9.17, 15) is 4.79 Å². The summed E-state index contributed by atoms with van der Waals surface area (Å²) in [5.41, 5.74) is 2.46. The Morgan fingerprint density at radius 3 is 2.58 bits per heavy atom. The van der Waals surface area contributed by atoms with Gasteiger partial charge in [-0.3, -0.25) is 4.79 Å². The Bertz CT molecular complexity index is 1020. The minimum Gasteiger partial charge on any atom is -0.497 e. The molecule has 1 saturated heterocycles. The minimum absolute atomic E-state index is 0.198. The van der Waals surface area contributed by atoms with E-state index in [1.165, 1.54) is 0 Å². The Morgan fingerprint density at radius 2 is 1.84 bits per heavy atom. The van der Waals surface area contributed by atoms with Gasteiger partial charge in [-0.1, -0.05) is 26.8 Å². The van der Waals surface area contributed by atoms with E-state index in [1.807, 2.05) is 69.0 Å². The number of aliphatic imine (C=N–C) groups is 1. The average Bonchev–Trinajstić information content (AvgIpc) is 3.06. The number of rotatable bonds is 1. The van der Waals surface area contributed by atoms with Gasteiger partial charge in [0.25, 0.3) is 0 Å². The molecule has 0 saturated carbocycles. The van der Waals surface area contributed by atoms with Crippen LogP contribution in [0.5, 0.6) is 17.2 Å². The molecule has 0 unspecified atom stereocenters. The molecule has 0 spiro atoms. The van der Waals surface area contributed by atoms with Crippen LogP contribution in [0.3, 0.4) is 0 Å². The van der Waals surface area contributed by atoms with Crippen molar-refractivity contribution in [2.24, 2.45) is 10.4 Å². The summed E-state index contributed by atoms with van der Waals surface area (Å²) >= 11 is 0. The molecule has 2 heterocycles. The molecule has 0 aliphatic carbocycles. The van der Waals surface area contributed by atoms with Crippen LogP contribution >= 0.6 is 0 Å². The van der Waals surface area contributed by atoms with Crippen LogP contribution in [0.25, 0.3) is 0 Å². The van der Waals surface area contributed by atoms with Gasteiger partial charge in [0.2, 0.25) is 5.91 Å². The first-order valence-corrected chi connectivity index (χ1v) is 10.9. The molecular weight excluding hydrogens is 390 g/mol. The van der Waals surface area contributed by atoms with E-state index in [0.717, 1.165) is 66.0 Å². The number of nitrogens with zero attached hydrogens (tertiary/aromatic N) is 3. The van der Waals surface area contributed by atoms with E-state index >= 15 is 0 Å². The lowest BCUT2D eigenvalue weighted by atomic mass is 9.94. The first-order chi connectivity index (χ1) is 14.8. The molecule has 2 aromatic rings. The average molecular weight is 422 g/mol. The maximum atomic E-state index is 12.8. The quantitative estimate of drug-likeness (QED) is 0.666. The molecule has 1 fully saturated rings. The Hall–Kier alpha value is -3.02. The molecule has 6 nitrogen and oxygen atoms in total. The zero-order valence-corrected chi connectivity index (χ0v) is 19.1. The van der Waals surface area contributed by atoms with Gasteiger partial charge in [0, 0.05) is 31.6 Å². The highest BCUT2D eigenvalue weighted by Gasteiger charge is 2.30. The third-order valence-electron chi connectivity index (χ3n) is 5.71. The molecule has 6 heteroatoms. The molecular formula is C25H31N3O3. The highest BCUT2D eigenvalue weighted by molar-refractivity contribution is 6.04. The largest absolute Gasteiger partial charge is 0.497 e. The van der Waals surface area contributed by atoms with Crippen LogP contribution in [0.15, 0.2) is 41.4 Å². The molecule has 2 aliphatic heterocycles. The molecule has 0 N–H and O–H groups in total. The molecule has 0 radical (unpaired) electrons. The topological polar surface area (TPSA) is 54.4 Å². The molecule has 2 aliphatic rings. The van der Waals surface area contributed by atoms with Crippen LogP contribution in [0.2, 0.25) is 0 Å². The zero-order valence-electron chi connectivity index (χ0n) is 19.1. The minimum atomic E-state index is -0.375. The number of hydrogen-bond donors (Lipinski definition) is 0. The van der Waals surface area contributed by atoms with Crippen molar-refractivity contribution in [3.63, 3.8) is 0 Å². The summed E-state index contributed by atoms with van der Waals surface area (Å²) in [6.07, 6.45) is 0.891. The number of carbonyl (C=O) groups excluding carboxylic acids is 1. The number of benzene rings is 2. The first-order valence-electron chi connectivity index (χ1n) is 10.9. The maximum Gasteiger partial charge on any atom is 0.228 e. The second-order valence-electron chi connectivity index (χ2n) is 9.25. The van der Waals surface area contributed by atoms with Crippen molar-refractivity contribution >= 4 is 17.4 Å². The highest BCUT2D eigenvalue weighted by Crippen LogP contribution is 2.40.